The van der Waals surface area contributed by atoms with Crippen molar-refractivity contribution < 1.29 is 22.7 Å². The van der Waals surface area contributed by atoms with E-state index in [0.29, 0.717) is 0 Å². The number of nitrogen functional groups attached to an aromatic ring is 1. The van der Waals surface area contributed by atoms with Crippen molar-refractivity contribution in [1.29, 1.82) is 0 Å². The second kappa shape index (κ2) is 12.7. The van der Waals surface area contributed by atoms with Crippen LogP contribution in [-0.2, 0) is 0 Å². The molecule has 0 saturated heterocycles. The van der Waals surface area contributed by atoms with Crippen molar-refractivity contribution in [3.8, 4) is 11.1 Å². The molecule has 3 unspecified atom stereocenters. The van der Waals surface area contributed by atoms with Crippen LogP contribution in [0.25, 0.3) is 22.0 Å². The monoisotopic (exact) mass is 536 g/mol. The Morgan fingerprint density at radius 2 is 1.79 bits per heavy atom. The number of aromatic nitrogens is 3. The van der Waals surface area contributed by atoms with Crippen molar-refractivity contribution in [2.75, 3.05) is 31.7 Å². The predicted octanol–water partition coefficient (Wildman–Crippen LogP) is 5.56. The summed E-state index contributed by atoms with van der Waals surface area (Å²) in [6, 6.07) is 7.42. The van der Waals surface area contributed by atoms with Gasteiger partial charge in [-0.2, -0.15) is 13.2 Å². The second-order valence-corrected chi connectivity index (χ2v) is 10.1. The van der Waals surface area contributed by atoms with Gasteiger partial charge in [0.25, 0.3) is 0 Å². The number of aliphatic hydroxyl groups is 1. The van der Waals surface area contributed by atoms with Gasteiger partial charge in [-0.3, -0.25) is 0 Å². The van der Waals surface area contributed by atoms with Gasteiger partial charge in [0.2, 0.25) is 5.95 Å². The van der Waals surface area contributed by atoms with Crippen LogP contribution in [0.5, 0.6) is 0 Å². The average Bonchev–Trinajstić information content (AvgIpc) is 2.86. The van der Waals surface area contributed by atoms with E-state index in [4.69, 9.17) is 10.8 Å². The Hall–Kier alpha value is -3.05. The summed E-state index contributed by atoms with van der Waals surface area (Å²) < 4.78 is 50.2. The van der Waals surface area contributed by atoms with Gasteiger partial charge >= 0.3 is 6.18 Å². The lowest BCUT2D eigenvalue weighted by Gasteiger charge is -2.31. The van der Waals surface area contributed by atoms with E-state index in [9.17, 15) is 17.6 Å². The Morgan fingerprint density at radius 3 is 2.34 bits per heavy atom. The molecule has 1 aromatic carbocycles. The molecular weight excluding hydrogens is 500 g/mol. The number of rotatable bonds is 6. The highest BCUT2D eigenvalue weighted by Gasteiger charge is 2.37. The van der Waals surface area contributed by atoms with Crippen molar-refractivity contribution >= 4 is 22.7 Å². The van der Waals surface area contributed by atoms with E-state index in [-0.39, 0.29) is 23.7 Å². The lowest BCUT2D eigenvalue weighted by Crippen LogP contribution is -2.38. The molecule has 2 aromatic heterocycles. The number of nitrogens with one attached hydrogen (secondary N) is 1. The molecule has 4 N–H and O–H groups in total. The van der Waals surface area contributed by atoms with Crippen molar-refractivity contribution in [2.24, 2.45) is 0 Å². The largest absolute Gasteiger partial charge is 0.416 e. The number of halogens is 4. The minimum atomic E-state index is -4.67. The first-order valence-electron chi connectivity index (χ1n) is 12.7. The number of fused-ring (bicyclic) bond motifs is 1. The number of hydrogen-bond acceptors (Lipinski definition) is 7. The van der Waals surface area contributed by atoms with Gasteiger partial charge in [0.1, 0.15) is 12.0 Å². The summed E-state index contributed by atoms with van der Waals surface area (Å²) >= 11 is 0. The number of aliphatic hydroxyl groups excluding tert-OH is 1. The lowest BCUT2D eigenvalue weighted by atomic mass is 9.93. The molecule has 2 heterocycles. The number of pyridine rings is 1. The van der Waals surface area contributed by atoms with E-state index in [1.54, 1.807) is 24.5 Å². The van der Waals surface area contributed by atoms with E-state index in [0.717, 1.165) is 46.9 Å². The van der Waals surface area contributed by atoms with Crippen LogP contribution >= 0.6 is 0 Å². The molecule has 4 rings (SSSR count). The SMILES string of the molecule is CC(C)c1cc(-c2ccc(NCC(O)C(F)(F)F)nc2)cc2cnc(N)nc12.CN(C)C1CCCCC1F. The van der Waals surface area contributed by atoms with Gasteiger partial charge < -0.3 is 21.1 Å². The van der Waals surface area contributed by atoms with Crippen LogP contribution in [0, 0.1) is 0 Å². The first kappa shape index (κ1) is 29.5. The van der Waals surface area contributed by atoms with Crippen molar-refractivity contribution in [3.05, 3.63) is 42.2 Å². The molecule has 11 heteroatoms. The Morgan fingerprint density at radius 1 is 1.08 bits per heavy atom. The Kier molecular flexibility index (Phi) is 9.83. The molecule has 0 bridgehead atoms. The third-order valence-electron chi connectivity index (χ3n) is 6.61. The van der Waals surface area contributed by atoms with Crippen molar-refractivity contribution in [1.82, 2.24) is 19.9 Å². The average molecular weight is 537 g/mol. The van der Waals surface area contributed by atoms with Crippen LogP contribution in [0.3, 0.4) is 0 Å². The predicted molar refractivity (Wildman–Crippen MR) is 143 cm³/mol. The molecule has 0 aliphatic heterocycles. The van der Waals surface area contributed by atoms with E-state index in [1.165, 1.54) is 6.42 Å². The summed E-state index contributed by atoms with van der Waals surface area (Å²) in [7, 11) is 3.92. The van der Waals surface area contributed by atoms with E-state index in [1.807, 2.05) is 45.0 Å². The number of alkyl halides is 4. The molecule has 1 aliphatic rings. The lowest BCUT2D eigenvalue weighted by molar-refractivity contribution is -0.198. The zero-order valence-electron chi connectivity index (χ0n) is 22.1. The summed E-state index contributed by atoms with van der Waals surface area (Å²) in [5.41, 5.74) is 9.19. The van der Waals surface area contributed by atoms with Crippen LogP contribution < -0.4 is 11.1 Å². The van der Waals surface area contributed by atoms with E-state index >= 15 is 0 Å². The summed E-state index contributed by atoms with van der Waals surface area (Å²) in [4.78, 5) is 14.5. The van der Waals surface area contributed by atoms with Gasteiger partial charge in [-0.25, -0.2) is 19.3 Å². The molecular formula is C27H36F4N6O. The summed E-state index contributed by atoms with van der Waals surface area (Å²) in [6.07, 6.45) is -0.400. The zero-order valence-corrected chi connectivity index (χ0v) is 22.1. The highest BCUT2D eigenvalue weighted by molar-refractivity contribution is 5.88. The number of nitrogens with two attached hydrogens (primary N) is 1. The van der Waals surface area contributed by atoms with Crippen LogP contribution in [-0.4, -0.2) is 70.1 Å². The van der Waals surface area contributed by atoms with Gasteiger partial charge in [-0.1, -0.05) is 26.7 Å². The molecule has 0 radical (unpaired) electrons. The summed E-state index contributed by atoms with van der Waals surface area (Å²) in [5, 5.41) is 12.4. The molecule has 1 aliphatic carbocycles. The van der Waals surface area contributed by atoms with Gasteiger partial charge in [-0.15, -0.1) is 0 Å². The van der Waals surface area contributed by atoms with Crippen molar-refractivity contribution in [2.45, 2.75) is 69.9 Å². The molecule has 3 aromatic rings. The molecule has 1 fully saturated rings. The molecule has 1 saturated carbocycles. The maximum atomic E-state index is 13.1. The third-order valence-corrected chi connectivity index (χ3v) is 6.61. The minimum Gasteiger partial charge on any atom is -0.382 e. The third kappa shape index (κ3) is 7.73. The maximum Gasteiger partial charge on any atom is 0.416 e. The van der Waals surface area contributed by atoms with Gasteiger partial charge in [0, 0.05) is 29.4 Å². The maximum absolute atomic E-state index is 13.1. The zero-order chi connectivity index (χ0) is 28.0. The van der Waals surface area contributed by atoms with Crippen LogP contribution in [0.15, 0.2) is 36.7 Å². The fourth-order valence-corrected chi connectivity index (χ4v) is 4.43. The van der Waals surface area contributed by atoms with Gasteiger partial charge in [0.15, 0.2) is 6.10 Å². The topological polar surface area (TPSA) is 100 Å². The van der Waals surface area contributed by atoms with Crippen LogP contribution in [0.1, 0.15) is 51.0 Å². The first-order valence-corrected chi connectivity index (χ1v) is 12.7. The van der Waals surface area contributed by atoms with Crippen LogP contribution in [0.4, 0.5) is 29.3 Å². The molecule has 0 amide bonds. The Balaban J connectivity index is 0.000000336. The highest BCUT2D eigenvalue weighted by Crippen LogP contribution is 2.31. The number of anilines is 2. The molecule has 208 valence electrons. The normalized spacial score (nSPS) is 18.8. The molecule has 38 heavy (non-hydrogen) atoms. The van der Waals surface area contributed by atoms with Crippen LogP contribution in [0.2, 0.25) is 0 Å². The summed E-state index contributed by atoms with van der Waals surface area (Å²) in [6.45, 7) is 3.43. The smallest absolute Gasteiger partial charge is 0.382 e. The molecule has 0 spiro atoms. The number of benzene rings is 1. The van der Waals surface area contributed by atoms with Gasteiger partial charge in [-0.05, 0) is 68.2 Å². The highest BCUT2D eigenvalue weighted by atomic mass is 19.4. The quantitative estimate of drug-likeness (QED) is 0.355. The molecule has 3 atom stereocenters. The minimum absolute atomic E-state index is 0.189. The Bertz CT molecular complexity index is 1190. The fraction of sp³-hybridized carbons (Fsp3) is 0.519. The Labute approximate surface area is 220 Å². The van der Waals surface area contributed by atoms with Gasteiger partial charge in [0.05, 0.1) is 12.1 Å². The van der Waals surface area contributed by atoms with E-state index < -0.39 is 25.0 Å². The molecule has 7 nitrogen and oxygen atoms in total. The first-order chi connectivity index (χ1) is 17.9. The number of nitrogens with zero attached hydrogens (tertiary/aromatic N) is 4. The number of hydrogen-bond donors (Lipinski definition) is 3. The second-order valence-electron chi connectivity index (χ2n) is 10.1. The fourth-order valence-electron chi connectivity index (χ4n) is 4.43. The summed E-state index contributed by atoms with van der Waals surface area (Å²) in [5.74, 6) is 0.655. The van der Waals surface area contributed by atoms with E-state index in [2.05, 4.69) is 20.3 Å². The van der Waals surface area contributed by atoms with Crippen molar-refractivity contribution in [3.63, 3.8) is 0 Å². The standard InChI is InChI=1S/C19H20F3N5O.C8H16FN/c1-10(2)14-6-12(5-13-8-26-18(23)27-17(13)14)11-3-4-16(24-7-11)25-9-15(28)19(20,21)22;1-10(2)8-6-4-3-5-7(8)9/h3-8,10,15,28H,9H2,1-2H3,(H,24,25)(H2,23,26,27);7-8H,3-6H2,1-2H3.